The topological polar surface area (TPSA) is 56.0 Å². The Labute approximate surface area is 129 Å². The summed E-state index contributed by atoms with van der Waals surface area (Å²) < 4.78 is 0. The number of benzene rings is 2. The standard InChI is InChI=1S/C19H18N2O/c1-2-14-11-16-12-15(8-9-17(16)21-19(14)20)18(22)10-13-6-4-3-5-7-13/h3-9,11-12H,2,10H2,1H3,(H2,20,21). The second-order valence-electron chi connectivity index (χ2n) is 5.38. The maximum Gasteiger partial charge on any atom is 0.167 e. The molecule has 0 saturated heterocycles. The zero-order valence-electron chi connectivity index (χ0n) is 12.5. The van der Waals surface area contributed by atoms with E-state index in [0.717, 1.165) is 28.5 Å². The maximum atomic E-state index is 12.4. The Hall–Kier alpha value is -2.68. The van der Waals surface area contributed by atoms with E-state index in [-0.39, 0.29) is 5.78 Å². The average Bonchev–Trinajstić information content (AvgIpc) is 2.54. The fraction of sp³-hybridized carbons (Fsp3) is 0.158. The van der Waals surface area contributed by atoms with Crippen molar-refractivity contribution in [3.8, 4) is 0 Å². The molecule has 0 fully saturated rings. The van der Waals surface area contributed by atoms with Gasteiger partial charge >= 0.3 is 0 Å². The molecule has 1 heterocycles. The van der Waals surface area contributed by atoms with Crippen LogP contribution in [0.25, 0.3) is 10.9 Å². The molecule has 3 heteroatoms. The van der Waals surface area contributed by atoms with E-state index in [1.54, 1.807) is 0 Å². The van der Waals surface area contributed by atoms with E-state index in [2.05, 4.69) is 4.98 Å². The molecule has 0 spiro atoms. The highest BCUT2D eigenvalue weighted by Crippen LogP contribution is 2.21. The number of nitrogen functional groups attached to an aromatic ring is 1. The molecule has 0 aliphatic heterocycles. The first kappa shape index (κ1) is 14.3. The highest BCUT2D eigenvalue weighted by Gasteiger charge is 2.09. The number of ketones is 1. The minimum absolute atomic E-state index is 0.114. The molecule has 3 rings (SSSR count). The number of Topliss-reactive ketones (excluding diaryl/α,β-unsaturated/α-hetero) is 1. The highest BCUT2D eigenvalue weighted by atomic mass is 16.1. The zero-order chi connectivity index (χ0) is 15.5. The van der Waals surface area contributed by atoms with Crippen molar-refractivity contribution in [2.75, 3.05) is 5.73 Å². The predicted octanol–water partition coefficient (Wildman–Crippen LogP) is 3.80. The second-order valence-corrected chi connectivity index (χ2v) is 5.38. The molecule has 3 aromatic rings. The zero-order valence-corrected chi connectivity index (χ0v) is 12.5. The lowest BCUT2D eigenvalue weighted by atomic mass is 10.0. The molecule has 0 aliphatic carbocycles. The van der Waals surface area contributed by atoms with Crippen molar-refractivity contribution in [1.29, 1.82) is 0 Å². The molecule has 3 nitrogen and oxygen atoms in total. The lowest BCUT2D eigenvalue weighted by Crippen LogP contribution is -2.04. The highest BCUT2D eigenvalue weighted by molar-refractivity contribution is 6.00. The molecule has 0 amide bonds. The van der Waals surface area contributed by atoms with E-state index in [9.17, 15) is 4.79 Å². The predicted molar refractivity (Wildman–Crippen MR) is 90.0 cm³/mol. The number of aromatic nitrogens is 1. The van der Waals surface area contributed by atoms with E-state index in [1.807, 2.05) is 61.5 Å². The van der Waals surface area contributed by atoms with Crippen LogP contribution in [0.4, 0.5) is 5.82 Å². The van der Waals surface area contributed by atoms with Crippen molar-refractivity contribution < 1.29 is 4.79 Å². The first-order chi connectivity index (χ1) is 10.7. The molecule has 2 N–H and O–H groups in total. The summed E-state index contributed by atoms with van der Waals surface area (Å²) in [6.07, 6.45) is 1.24. The van der Waals surface area contributed by atoms with Gasteiger partial charge in [-0.1, -0.05) is 37.3 Å². The number of pyridine rings is 1. The molecule has 0 radical (unpaired) electrons. The molecule has 2 aromatic carbocycles. The van der Waals surface area contributed by atoms with Gasteiger partial charge in [0.05, 0.1) is 5.52 Å². The second kappa shape index (κ2) is 5.98. The Morgan fingerprint density at radius 1 is 1.09 bits per heavy atom. The van der Waals surface area contributed by atoms with Gasteiger partial charge in [-0.2, -0.15) is 0 Å². The van der Waals surface area contributed by atoms with Crippen LogP contribution in [0.5, 0.6) is 0 Å². The number of hydrogen-bond donors (Lipinski definition) is 1. The third-order valence-corrected chi connectivity index (χ3v) is 3.84. The summed E-state index contributed by atoms with van der Waals surface area (Å²) in [6, 6.07) is 17.4. The molecule has 0 saturated carbocycles. The summed E-state index contributed by atoms with van der Waals surface area (Å²) >= 11 is 0. The summed E-state index contributed by atoms with van der Waals surface area (Å²) in [7, 11) is 0. The van der Waals surface area contributed by atoms with Crippen molar-refractivity contribution in [1.82, 2.24) is 4.98 Å². The Kier molecular flexibility index (Phi) is 3.88. The van der Waals surface area contributed by atoms with Crippen LogP contribution in [0.1, 0.15) is 28.4 Å². The largest absolute Gasteiger partial charge is 0.383 e. The number of rotatable bonds is 4. The molecule has 22 heavy (non-hydrogen) atoms. The van der Waals surface area contributed by atoms with Crippen molar-refractivity contribution in [2.45, 2.75) is 19.8 Å². The fourth-order valence-electron chi connectivity index (χ4n) is 2.58. The van der Waals surface area contributed by atoms with Crippen LogP contribution in [-0.2, 0) is 12.8 Å². The van der Waals surface area contributed by atoms with Gasteiger partial charge in [0.25, 0.3) is 0 Å². The summed E-state index contributed by atoms with van der Waals surface area (Å²) in [6.45, 7) is 2.05. The molecular formula is C19H18N2O. The number of carbonyl (C=O) groups is 1. The number of carbonyl (C=O) groups excluding carboxylic acids is 1. The fourth-order valence-corrected chi connectivity index (χ4v) is 2.58. The number of aryl methyl sites for hydroxylation is 1. The van der Waals surface area contributed by atoms with Crippen molar-refractivity contribution in [3.05, 3.63) is 71.3 Å². The van der Waals surface area contributed by atoms with Gasteiger partial charge in [-0.05, 0) is 41.8 Å². The minimum atomic E-state index is 0.114. The van der Waals surface area contributed by atoms with Crippen LogP contribution in [0, 0.1) is 0 Å². The van der Waals surface area contributed by atoms with Gasteiger partial charge in [0.15, 0.2) is 5.78 Å². The van der Waals surface area contributed by atoms with Crippen molar-refractivity contribution >= 4 is 22.5 Å². The number of hydrogen-bond acceptors (Lipinski definition) is 3. The molecule has 0 atom stereocenters. The normalized spacial score (nSPS) is 10.8. The summed E-state index contributed by atoms with van der Waals surface area (Å²) in [5, 5.41) is 0.963. The van der Waals surface area contributed by atoms with E-state index in [4.69, 9.17) is 5.73 Å². The molecule has 0 bridgehead atoms. The molecule has 1 aromatic heterocycles. The Morgan fingerprint density at radius 3 is 2.59 bits per heavy atom. The lowest BCUT2D eigenvalue weighted by molar-refractivity contribution is 0.0993. The first-order valence-electron chi connectivity index (χ1n) is 7.43. The van der Waals surface area contributed by atoms with Gasteiger partial charge in [0, 0.05) is 17.4 Å². The molecule has 110 valence electrons. The van der Waals surface area contributed by atoms with Gasteiger partial charge < -0.3 is 5.73 Å². The van der Waals surface area contributed by atoms with E-state index in [1.165, 1.54) is 0 Å². The molecule has 0 aliphatic rings. The van der Waals surface area contributed by atoms with Gasteiger partial charge in [0.1, 0.15) is 5.82 Å². The maximum absolute atomic E-state index is 12.4. The van der Waals surface area contributed by atoms with Gasteiger partial charge in [0.2, 0.25) is 0 Å². The number of fused-ring (bicyclic) bond motifs is 1. The monoisotopic (exact) mass is 290 g/mol. The van der Waals surface area contributed by atoms with Crippen molar-refractivity contribution in [2.24, 2.45) is 0 Å². The van der Waals surface area contributed by atoms with E-state index in [0.29, 0.717) is 17.8 Å². The van der Waals surface area contributed by atoms with Gasteiger partial charge in [-0.15, -0.1) is 0 Å². The van der Waals surface area contributed by atoms with Crippen LogP contribution >= 0.6 is 0 Å². The van der Waals surface area contributed by atoms with Gasteiger partial charge in [-0.3, -0.25) is 4.79 Å². The minimum Gasteiger partial charge on any atom is -0.383 e. The van der Waals surface area contributed by atoms with E-state index < -0.39 is 0 Å². The SMILES string of the molecule is CCc1cc2cc(C(=O)Cc3ccccc3)ccc2nc1N. The molecular weight excluding hydrogens is 272 g/mol. The summed E-state index contributed by atoms with van der Waals surface area (Å²) in [4.78, 5) is 16.8. The Bertz CT molecular complexity index is 825. The third-order valence-electron chi connectivity index (χ3n) is 3.84. The Balaban J connectivity index is 1.94. The number of nitrogens with zero attached hydrogens (tertiary/aromatic N) is 1. The Morgan fingerprint density at radius 2 is 1.86 bits per heavy atom. The smallest absolute Gasteiger partial charge is 0.167 e. The van der Waals surface area contributed by atoms with Crippen LogP contribution in [0.3, 0.4) is 0 Å². The van der Waals surface area contributed by atoms with Gasteiger partial charge in [-0.25, -0.2) is 4.98 Å². The third kappa shape index (κ3) is 2.84. The van der Waals surface area contributed by atoms with Crippen LogP contribution < -0.4 is 5.73 Å². The summed E-state index contributed by atoms with van der Waals surface area (Å²) in [5.41, 5.74) is 9.50. The summed E-state index contributed by atoms with van der Waals surface area (Å²) in [5.74, 6) is 0.682. The number of nitrogens with two attached hydrogens (primary N) is 1. The van der Waals surface area contributed by atoms with E-state index >= 15 is 0 Å². The quantitative estimate of drug-likeness (QED) is 0.743. The molecule has 0 unspecified atom stereocenters. The van der Waals surface area contributed by atoms with Crippen molar-refractivity contribution in [3.63, 3.8) is 0 Å². The number of anilines is 1. The lowest BCUT2D eigenvalue weighted by Gasteiger charge is -2.07. The van der Waals surface area contributed by atoms with Crippen LogP contribution in [0.2, 0.25) is 0 Å². The average molecular weight is 290 g/mol. The first-order valence-corrected chi connectivity index (χ1v) is 7.43. The van der Waals surface area contributed by atoms with Crippen LogP contribution in [-0.4, -0.2) is 10.8 Å². The van der Waals surface area contributed by atoms with Crippen LogP contribution in [0.15, 0.2) is 54.6 Å².